The molecule has 0 aliphatic carbocycles. The van der Waals surface area contributed by atoms with E-state index in [4.69, 9.17) is 21.1 Å². The molecular formula is C19H14ClO2. The molecule has 0 aliphatic heterocycles. The average Bonchev–Trinajstić information content (AvgIpc) is 2.57. The molecule has 0 saturated heterocycles. The highest BCUT2D eigenvalue weighted by Crippen LogP contribution is 2.29. The Hall–Kier alpha value is -2.45. The molecule has 0 N–H and O–H groups in total. The van der Waals surface area contributed by atoms with Gasteiger partial charge in [-0.3, -0.25) is 0 Å². The van der Waals surface area contributed by atoms with Gasteiger partial charge in [-0.15, -0.1) is 0 Å². The first kappa shape index (κ1) is 14.5. The number of halogens is 1. The van der Waals surface area contributed by atoms with E-state index >= 15 is 0 Å². The minimum Gasteiger partial charge on any atom is -0.489 e. The minimum atomic E-state index is 0.527. The van der Waals surface area contributed by atoms with E-state index in [1.165, 1.54) is 0 Å². The van der Waals surface area contributed by atoms with E-state index in [1.807, 2.05) is 60.7 Å². The predicted molar refractivity (Wildman–Crippen MR) is 87.6 cm³/mol. The maximum Gasteiger partial charge on any atom is 0.146 e. The summed E-state index contributed by atoms with van der Waals surface area (Å²) >= 11 is 6.06. The summed E-state index contributed by atoms with van der Waals surface area (Å²) < 4.78 is 11.4. The third-order valence-corrected chi connectivity index (χ3v) is 3.37. The van der Waals surface area contributed by atoms with Crippen LogP contribution < -0.4 is 9.47 Å². The molecule has 109 valence electrons. The molecule has 3 aromatic carbocycles. The third kappa shape index (κ3) is 3.80. The molecule has 0 spiro atoms. The second kappa shape index (κ2) is 7.01. The van der Waals surface area contributed by atoms with Gasteiger partial charge in [-0.25, -0.2) is 0 Å². The molecule has 0 saturated carbocycles. The molecule has 0 aliphatic rings. The fourth-order valence-corrected chi connectivity index (χ4v) is 2.11. The fraction of sp³-hybridized carbons (Fsp3) is 0.0526. The van der Waals surface area contributed by atoms with Crippen molar-refractivity contribution < 1.29 is 9.47 Å². The van der Waals surface area contributed by atoms with Crippen LogP contribution in [0.5, 0.6) is 17.2 Å². The van der Waals surface area contributed by atoms with Gasteiger partial charge in [0, 0.05) is 6.07 Å². The Balaban J connectivity index is 1.62. The second-order valence-electron chi connectivity index (χ2n) is 4.70. The molecule has 0 aromatic heterocycles. The second-order valence-corrected chi connectivity index (χ2v) is 5.10. The highest BCUT2D eigenvalue weighted by Gasteiger charge is 2.03. The molecule has 2 nitrogen and oxygen atoms in total. The first-order chi connectivity index (χ1) is 10.8. The molecule has 0 fully saturated rings. The molecule has 0 heterocycles. The van der Waals surface area contributed by atoms with Crippen LogP contribution in [0.4, 0.5) is 0 Å². The van der Waals surface area contributed by atoms with E-state index in [-0.39, 0.29) is 0 Å². The summed E-state index contributed by atoms with van der Waals surface area (Å²) in [4.78, 5) is 0. The van der Waals surface area contributed by atoms with Crippen molar-refractivity contribution in [2.45, 2.75) is 6.61 Å². The van der Waals surface area contributed by atoms with E-state index < -0.39 is 0 Å². The summed E-state index contributed by atoms with van der Waals surface area (Å²) in [7, 11) is 0. The zero-order valence-corrected chi connectivity index (χ0v) is 12.6. The number of hydrogen-bond acceptors (Lipinski definition) is 2. The standard InChI is InChI=1S/C19H14ClO2/c20-18-8-4-5-9-19(18)22-17-12-10-16(11-13-17)21-14-15-6-2-1-3-7-15/h1-12H,14H2. The molecule has 0 unspecified atom stereocenters. The summed E-state index contributed by atoms with van der Waals surface area (Å²) in [6.07, 6.45) is 0. The number of hydrogen-bond donors (Lipinski definition) is 0. The van der Waals surface area contributed by atoms with Crippen molar-refractivity contribution in [1.29, 1.82) is 0 Å². The summed E-state index contributed by atoms with van der Waals surface area (Å²) in [6, 6.07) is 25.8. The normalized spacial score (nSPS) is 10.2. The summed E-state index contributed by atoms with van der Waals surface area (Å²) in [6.45, 7) is 0.527. The molecule has 0 bridgehead atoms. The Morgan fingerprint density at radius 1 is 0.864 bits per heavy atom. The topological polar surface area (TPSA) is 18.5 Å². The summed E-state index contributed by atoms with van der Waals surface area (Å²) in [5.41, 5.74) is 1.12. The monoisotopic (exact) mass is 309 g/mol. The van der Waals surface area contributed by atoms with E-state index in [0.717, 1.165) is 11.3 Å². The van der Waals surface area contributed by atoms with Gasteiger partial charge in [-0.1, -0.05) is 54.1 Å². The van der Waals surface area contributed by atoms with Gasteiger partial charge in [-0.05, 0) is 35.9 Å². The highest BCUT2D eigenvalue weighted by atomic mass is 35.5. The van der Waals surface area contributed by atoms with Crippen molar-refractivity contribution in [1.82, 2.24) is 0 Å². The van der Waals surface area contributed by atoms with E-state index in [0.29, 0.717) is 23.1 Å². The van der Waals surface area contributed by atoms with Gasteiger partial charge in [0.25, 0.3) is 0 Å². The van der Waals surface area contributed by atoms with Crippen molar-refractivity contribution >= 4 is 11.6 Å². The molecule has 0 amide bonds. The van der Waals surface area contributed by atoms with Gasteiger partial charge in [0.05, 0.1) is 5.02 Å². The van der Waals surface area contributed by atoms with Crippen LogP contribution in [0.2, 0.25) is 5.02 Å². The van der Waals surface area contributed by atoms with Crippen LogP contribution in [0.15, 0.2) is 72.8 Å². The van der Waals surface area contributed by atoms with Crippen molar-refractivity contribution in [3.8, 4) is 17.2 Å². The molecule has 3 heteroatoms. The lowest BCUT2D eigenvalue weighted by Gasteiger charge is -2.09. The maximum absolute atomic E-state index is 6.06. The minimum absolute atomic E-state index is 0.527. The van der Waals surface area contributed by atoms with Crippen molar-refractivity contribution in [3.63, 3.8) is 0 Å². The SMILES string of the molecule is Clc1ccccc1Oc1[c]cc(OCc2ccccc2)cc1. The van der Waals surface area contributed by atoms with Crippen molar-refractivity contribution in [2.75, 3.05) is 0 Å². The Bertz CT molecular complexity index is 724. The number of benzene rings is 3. The first-order valence-electron chi connectivity index (χ1n) is 6.92. The van der Waals surface area contributed by atoms with Gasteiger partial charge >= 0.3 is 0 Å². The van der Waals surface area contributed by atoms with Crippen LogP contribution in [-0.4, -0.2) is 0 Å². The van der Waals surface area contributed by atoms with Crippen LogP contribution in [-0.2, 0) is 6.61 Å². The maximum atomic E-state index is 6.06. The van der Waals surface area contributed by atoms with Gasteiger partial charge in [-0.2, -0.15) is 0 Å². The van der Waals surface area contributed by atoms with Gasteiger partial charge in [0.2, 0.25) is 0 Å². The van der Waals surface area contributed by atoms with E-state index in [9.17, 15) is 0 Å². The van der Waals surface area contributed by atoms with Crippen molar-refractivity contribution in [3.05, 3.63) is 89.4 Å². The van der Waals surface area contributed by atoms with Crippen LogP contribution in [0, 0.1) is 6.07 Å². The lowest BCUT2D eigenvalue weighted by atomic mass is 10.2. The largest absolute Gasteiger partial charge is 0.489 e. The molecule has 22 heavy (non-hydrogen) atoms. The molecule has 0 atom stereocenters. The average molecular weight is 310 g/mol. The van der Waals surface area contributed by atoms with E-state index in [1.54, 1.807) is 12.1 Å². The van der Waals surface area contributed by atoms with Gasteiger partial charge in [0.15, 0.2) is 0 Å². The Morgan fingerprint density at radius 3 is 2.36 bits per heavy atom. The smallest absolute Gasteiger partial charge is 0.146 e. The molecule has 3 rings (SSSR count). The zero-order chi connectivity index (χ0) is 15.2. The van der Waals surface area contributed by atoms with Gasteiger partial charge < -0.3 is 9.47 Å². The van der Waals surface area contributed by atoms with Crippen molar-refractivity contribution in [2.24, 2.45) is 0 Å². The highest BCUT2D eigenvalue weighted by molar-refractivity contribution is 6.32. The molecule has 1 radical (unpaired) electrons. The van der Waals surface area contributed by atoms with Crippen LogP contribution >= 0.6 is 11.6 Å². The van der Waals surface area contributed by atoms with Crippen LogP contribution in [0.1, 0.15) is 5.56 Å². The number of ether oxygens (including phenoxy) is 2. The Kier molecular flexibility index (Phi) is 4.62. The van der Waals surface area contributed by atoms with Gasteiger partial charge in [0.1, 0.15) is 23.9 Å². The zero-order valence-electron chi connectivity index (χ0n) is 11.8. The summed E-state index contributed by atoms with van der Waals surface area (Å²) in [5, 5.41) is 0.570. The quantitative estimate of drug-likeness (QED) is 0.618. The summed E-state index contributed by atoms with van der Waals surface area (Å²) in [5.74, 6) is 1.95. The first-order valence-corrected chi connectivity index (χ1v) is 7.30. The van der Waals surface area contributed by atoms with E-state index in [2.05, 4.69) is 6.07 Å². The van der Waals surface area contributed by atoms with Crippen LogP contribution in [0.3, 0.4) is 0 Å². The lowest BCUT2D eigenvalue weighted by molar-refractivity contribution is 0.305. The third-order valence-electron chi connectivity index (χ3n) is 3.06. The molecule has 3 aromatic rings. The Labute approximate surface area is 134 Å². The Morgan fingerprint density at radius 2 is 1.64 bits per heavy atom. The molecular weight excluding hydrogens is 296 g/mol. The number of rotatable bonds is 5. The van der Waals surface area contributed by atoms with Crippen LogP contribution in [0.25, 0.3) is 0 Å². The lowest BCUT2D eigenvalue weighted by Crippen LogP contribution is -1.94. The fourth-order valence-electron chi connectivity index (χ4n) is 1.94. The number of para-hydroxylation sites is 1. The predicted octanol–water partition coefficient (Wildman–Crippen LogP) is 5.51.